The number of nitrogens with zero attached hydrogens (tertiary/aromatic N) is 3. The van der Waals surface area contributed by atoms with Gasteiger partial charge in [0.05, 0.1) is 0 Å². The lowest BCUT2D eigenvalue weighted by atomic mass is 9.92. The first-order chi connectivity index (χ1) is 30.9. The van der Waals surface area contributed by atoms with Crippen LogP contribution in [0.5, 0.6) is 0 Å². The number of hydrogen-bond acceptors (Lipinski definition) is 0. The number of aryl methyl sites for hydroxylation is 9. The monoisotopic (exact) mass is 804 g/mol. The van der Waals surface area contributed by atoms with Crippen molar-refractivity contribution in [3.05, 3.63) is 160 Å². The minimum atomic E-state index is -2.20. The highest BCUT2D eigenvalue weighted by Crippen LogP contribution is 2.39. The third kappa shape index (κ3) is 9.83. The lowest BCUT2D eigenvalue weighted by molar-refractivity contribution is -0.661. The molecule has 3 aromatic carbocycles. The van der Waals surface area contributed by atoms with Gasteiger partial charge in [-0.15, -0.1) is 0 Å². The summed E-state index contributed by atoms with van der Waals surface area (Å²) >= 11 is 0. The summed E-state index contributed by atoms with van der Waals surface area (Å²) in [6.07, 6.45) is 19.6. The Morgan fingerprint density at radius 1 is 0.417 bits per heavy atom. The summed E-state index contributed by atoms with van der Waals surface area (Å²) in [7, 11) is 6.16. The normalized spacial score (nSPS) is 18.2. The van der Waals surface area contributed by atoms with Crippen molar-refractivity contribution in [1.29, 1.82) is 0 Å². The summed E-state index contributed by atoms with van der Waals surface area (Å²) in [6, 6.07) is 31.8. The molecule has 0 bridgehead atoms. The zero-order valence-corrected chi connectivity index (χ0v) is 37.8. The van der Waals surface area contributed by atoms with Crippen LogP contribution in [0.2, 0.25) is 0 Å². The van der Waals surface area contributed by atoms with Crippen LogP contribution in [0.3, 0.4) is 0 Å². The predicted octanol–water partition coefficient (Wildman–Crippen LogP) is 13.4. The average molecular weight is 804 g/mol. The first kappa shape index (κ1) is 36.9. The van der Waals surface area contributed by atoms with Crippen molar-refractivity contribution < 1.29 is 20.6 Å². The molecule has 60 heavy (non-hydrogen) atoms. The van der Waals surface area contributed by atoms with E-state index in [0.717, 1.165) is 61.3 Å². The molecule has 3 heteroatoms. The maximum atomic E-state index is 8.87. The third-order valence-electron chi connectivity index (χ3n) is 13.5. The van der Waals surface area contributed by atoms with Gasteiger partial charge in [-0.3, -0.25) is 0 Å². The van der Waals surface area contributed by atoms with Crippen molar-refractivity contribution in [3.63, 3.8) is 0 Å². The molecule has 3 aliphatic rings. The number of rotatable bonds is 6. The van der Waals surface area contributed by atoms with Gasteiger partial charge in [-0.25, -0.2) is 13.7 Å². The fraction of sp³-hybridized carbons (Fsp3) is 0.421. The molecule has 0 atom stereocenters. The third-order valence-corrected chi connectivity index (χ3v) is 13.5. The van der Waals surface area contributed by atoms with Crippen LogP contribution < -0.4 is 13.7 Å². The second-order valence-corrected chi connectivity index (χ2v) is 17.9. The highest BCUT2D eigenvalue weighted by atomic mass is 14.9. The van der Waals surface area contributed by atoms with Gasteiger partial charge in [-0.1, -0.05) is 93.1 Å². The molecule has 0 spiro atoms. The van der Waals surface area contributed by atoms with Gasteiger partial charge < -0.3 is 0 Å². The van der Waals surface area contributed by atoms with Crippen molar-refractivity contribution in [2.45, 2.75) is 136 Å². The molecule has 312 valence electrons. The highest BCUT2D eigenvalue weighted by Gasteiger charge is 2.26. The van der Waals surface area contributed by atoms with E-state index < -0.39 is 12.7 Å². The Morgan fingerprint density at radius 2 is 0.783 bits per heavy atom. The number of aromatic nitrogens is 3. The standard InChI is InChI=1S/3C19H24N/c1-14-8-4-7-11-17(14)19-12-18(15(2)13-20(19)3)16-9-5-6-10-16;2*1-14-8-4-7-11-17(14)19-12-15(2)18(13-20(19)3)16-9-5-6-10-16/h3*4,7-8,11-13,16H,5-6,9-10H2,1-3H3/q3*+1/i2D3,16D;16D;. The Kier molecular flexibility index (Phi) is 12.1. The van der Waals surface area contributed by atoms with Gasteiger partial charge in [-0.2, -0.15) is 0 Å². The van der Waals surface area contributed by atoms with E-state index in [1.54, 1.807) is 11.8 Å². The van der Waals surface area contributed by atoms with Gasteiger partial charge in [0.1, 0.15) is 21.1 Å². The highest BCUT2D eigenvalue weighted by molar-refractivity contribution is 5.63. The van der Waals surface area contributed by atoms with E-state index in [2.05, 4.69) is 143 Å². The van der Waals surface area contributed by atoms with Gasteiger partial charge in [-0.05, 0) is 149 Å². The average Bonchev–Trinajstić information content (AvgIpc) is 4.07. The smallest absolute Gasteiger partial charge is 0.201 e. The second-order valence-electron chi connectivity index (χ2n) is 17.9. The maximum absolute atomic E-state index is 8.87. The molecule has 0 amide bonds. The van der Waals surface area contributed by atoms with Gasteiger partial charge in [0.15, 0.2) is 18.6 Å². The number of pyridine rings is 3. The van der Waals surface area contributed by atoms with E-state index in [0.29, 0.717) is 11.1 Å². The van der Waals surface area contributed by atoms with E-state index >= 15 is 0 Å². The van der Waals surface area contributed by atoms with E-state index in [1.807, 2.05) is 29.8 Å². The number of benzene rings is 3. The molecular weight excluding hydrogens is 727 g/mol. The zero-order valence-electron chi connectivity index (χ0n) is 42.8. The summed E-state index contributed by atoms with van der Waals surface area (Å²) in [5.74, 6) is -0.367. The van der Waals surface area contributed by atoms with Gasteiger partial charge in [0, 0.05) is 58.4 Å². The van der Waals surface area contributed by atoms with Crippen molar-refractivity contribution in [2.24, 2.45) is 21.1 Å². The Balaban J connectivity index is 0.000000146. The summed E-state index contributed by atoms with van der Waals surface area (Å²) in [6.45, 7) is 8.63. The molecule has 0 unspecified atom stereocenters. The lowest BCUT2D eigenvalue weighted by Crippen LogP contribution is -2.32. The van der Waals surface area contributed by atoms with Crippen LogP contribution in [-0.2, 0) is 21.1 Å². The molecule has 0 saturated heterocycles. The Hall–Kier alpha value is -4.89. The van der Waals surface area contributed by atoms with Crippen LogP contribution in [0, 0.1) is 41.5 Å². The SMILES string of the molecule is Cc1ccccc1-c1cc(C)c(C2CCCC2)c[n+]1C.[2H]C([2H])([2H])c1c[n+](C)c(-c2ccccc2C)cc1C1([2H])CCCC1.[2H]C1(c2c[n+](C)c(-c3ccccc3C)cc2C)CCCC1. The Morgan fingerprint density at radius 3 is 1.23 bits per heavy atom. The van der Waals surface area contributed by atoms with Crippen LogP contribution in [0.4, 0.5) is 0 Å². The Labute approximate surface area is 370 Å². The first-order valence-electron chi connectivity index (χ1n) is 25.1. The summed E-state index contributed by atoms with van der Waals surface area (Å²) < 4.78 is 47.8. The molecule has 3 aromatic heterocycles. The topological polar surface area (TPSA) is 11.6 Å². The summed E-state index contributed by atoms with van der Waals surface area (Å²) in [4.78, 5) is 0. The van der Waals surface area contributed by atoms with Crippen LogP contribution in [0.25, 0.3) is 33.8 Å². The van der Waals surface area contributed by atoms with Crippen LogP contribution in [0.15, 0.2) is 110 Å². The van der Waals surface area contributed by atoms with E-state index in [9.17, 15) is 0 Å². The largest absolute Gasteiger partial charge is 0.212 e. The second kappa shape index (κ2) is 19.7. The van der Waals surface area contributed by atoms with Crippen LogP contribution in [-0.4, -0.2) is 0 Å². The van der Waals surface area contributed by atoms with Gasteiger partial charge >= 0.3 is 0 Å². The number of hydrogen-bond donors (Lipinski definition) is 0. The Bertz CT molecular complexity index is 2630. The molecule has 9 rings (SSSR count). The minimum Gasteiger partial charge on any atom is -0.201 e. The molecule has 3 fully saturated rings. The molecule has 0 aliphatic heterocycles. The molecule has 6 aromatic rings. The summed E-state index contributed by atoms with van der Waals surface area (Å²) in [5, 5.41) is 0. The molecule has 3 aliphatic carbocycles. The predicted molar refractivity (Wildman–Crippen MR) is 251 cm³/mol. The van der Waals surface area contributed by atoms with Crippen molar-refractivity contribution >= 4 is 0 Å². The fourth-order valence-electron chi connectivity index (χ4n) is 10.0. The van der Waals surface area contributed by atoms with E-state index in [1.165, 1.54) is 88.9 Å². The molecule has 0 N–H and O–H groups in total. The quantitative estimate of drug-likeness (QED) is 0.149. The molecule has 3 nitrogen and oxygen atoms in total. The van der Waals surface area contributed by atoms with E-state index in [-0.39, 0.29) is 5.89 Å². The minimum absolute atomic E-state index is 0.319. The van der Waals surface area contributed by atoms with E-state index in [4.69, 9.17) is 6.85 Å². The molecule has 3 saturated carbocycles. The molecular formula is C57H72N3+3. The maximum Gasteiger partial charge on any atom is 0.212 e. The zero-order chi connectivity index (χ0) is 46.7. The van der Waals surface area contributed by atoms with Crippen molar-refractivity contribution in [2.75, 3.05) is 0 Å². The van der Waals surface area contributed by atoms with Crippen LogP contribution in [0.1, 0.15) is 152 Å². The fourth-order valence-corrected chi connectivity index (χ4v) is 10.0. The van der Waals surface area contributed by atoms with Gasteiger partial charge in [0.25, 0.3) is 0 Å². The first-order valence-corrected chi connectivity index (χ1v) is 22.6. The van der Waals surface area contributed by atoms with Gasteiger partial charge in [0.2, 0.25) is 17.1 Å². The summed E-state index contributed by atoms with van der Waals surface area (Å²) in [5.41, 5.74) is 17.5. The van der Waals surface area contributed by atoms with Crippen molar-refractivity contribution in [1.82, 2.24) is 0 Å². The molecule has 3 heterocycles. The molecule has 0 radical (unpaired) electrons. The lowest BCUT2D eigenvalue weighted by Gasteiger charge is -2.14. The van der Waals surface area contributed by atoms with Crippen molar-refractivity contribution in [3.8, 4) is 33.8 Å². The van der Waals surface area contributed by atoms with Crippen LogP contribution >= 0.6 is 0 Å².